The lowest BCUT2D eigenvalue weighted by molar-refractivity contribution is 0.957. The predicted molar refractivity (Wildman–Crippen MR) is 114 cm³/mol. The molecule has 140 valence electrons. The third-order valence-electron chi connectivity index (χ3n) is 4.92. The average molecular weight is 389 g/mol. The molecule has 0 radical (unpaired) electrons. The average Bonchev–Trinajstić information content (AvgIpc) is 3.36. The van der Waals surface area contributed by atoms with Crippen molar-refractivity contribution in [3.8, 4) is 0 Å². The lowest BCUT2D eigenvalue weighted by atomic mass is 10.1. The van der Waals surface area contributed by atoms with Crippen LogP contribution in [0.25, 0.3) is 10.9 Å². The van der Waals surface area contributed by atoms with Crippen LogP contribution in [0, 0.1) is 6.92 Å². The van der Waals surface area contributed by atoms with Crippen LogP contribution < -0.4 is 10.6 Å². The summed E-state index contributed by atoms with van der Waals surface area (Å²) in [6, 6.07) is 14.5. The minimum absolute atomic E-state index is 0.663. The Kier molecular flexibility index (Phi) is 4.37. The number of aromatic amines is 1. The number of aromatic nitrogens is 4. The van der Waals surface area contributed by atoms with Crippen molar-refractivity contribution in [1.82, 2.24) is 20.2 Å². The number of thioether (sulfide) groups is 1. The van der Waals surface area contributed by atoms with Crippen molar-refractivity contribution >= 4 is 40.1 Å². The first-order valence-corrected chi connectivity index (χ1v) is 10.3. The van der Waals surface area contributed by atoms with Crippen molar-refractivity contribution in [2.24, 2.45) is 0 Å². The number of aryl methyl sites for hydroxylation is 2. The van der Waals surface area contributed by atoms with Crippen molar-refractivity contribution in [2.45, 2.75) is 24.8 Å². The highest BCUT2D eigenvalue weighted by atomic mass is 32.2. The fourth-order valence-electron chi connectivity index (χ4n) is 3.37. The van der Waals surface area contributed by atoms with Crippen LogP contribution in [0.2, 0.25) is 0 Å². The number of benzene rings is 2. The van der Waals surface area contributed by atoms with Gasteiger partial charge in [0.05, 0.1) is 22.3 Å². The highest BCUT2D eigenvalue weighted by Crippen LogP contribution is 2.37. The van der Waals surface area contributed by atoms with E-state index in [1.807, 2.05) is 30.1 Å². The molecule has 0 fully saturated rings. The Balaban J connectivity index is 1.43. The highest BCUT2D eigenvalue weighted by Gasteiger charge is 2.20. The second-order valence-electron chi connectivity index (χ2n) is 6.85. The van der Waals surface area contributed by atoms with Crippen molar-refractivity contribution in [1.29, 1.82) is 0 Å². The number of rotatable bonds is 5. The summed E-state index contributed by atoms with van der Waals surface area (Å²) in [6.45, 7) is 2.83. The molecule has 2 aromatic heterocycles. The molecule has 2 aromatic carbocycles. The Bertz CT molecular complexity index is 1150. The van der Waals surface area contributed by atoms with Gasteiger partial charge in [-0.3, -0.25) is 5.10 Å². The molecular formula is C21H20N6S. The van der Waals surface area contributed by atoms with E-state index in [1.165, 1.54) is 11.1 Å². The molecule has 0 spiro atoms. The van der Waals surface area contributed by atoms with Gasteiger partial charge in [-0.2, -0.15) is 10.1 Å². The molecule has 4 aromatic rings. The molecule has 1 aliphatic heterocycles. The van der Waals surface area contributed by atoms with E-state index in [0.29, 0.717) is 12.5 Å². The maximum atomic E-state index is 4.77. The van der Waals surface area contributed by atoms with Crippen LogP contribution >= 0.6 is 11.8 Å². The van der Waals surface area contributed by atoms with Crippen LogP contribution in [-0.2, 0) is 13.0 Å². The minimum atomic E-state index is 0.663. The first-order valence-electron chi connectivity index (χ1n) is 9.28. The lowest BCUT2D eigenvalue weighted by Gasteiger charge is -2.13. The van der Waals surface area contributed by atoms with E-state index in [2.05, 4.69) is 58.1 Å². The standard InChI is InChI=1S/C21H20N6S/c1-13-4-2-3-5-14(13)11-22-21-25-18-8-9-28-19(18)20(26-21)24-16-6-7-17-15(10-16)12-23-27-17/h2-7,10,12H,8-9,11H2,1H3,(H,23,27)(H2,22,24,25,26). The summed E-state index contributed by atoms with van der Waals surface area (Å²) in [7, 11) is 0. The summed E-state index contributed by atoms with van der Waals surface area (Å²) in [5.41, 5.74) is 5.64. The number of nitrogens with zero attached hydrogens (tertiary/aromatic N) is 3. The zero-order valence-electron chi connectivity index (χ0n) is 15.5. The van der Waals surface area contributed by atoms with Gasteiger partial charge in [-0.15, -0.1) is 11.8 Å². The van der Waals surface area contributed by atoms with Crippen molar-refractivity contribution in [3.05, 3.63) is 65.5 Å². The van der Waals surface area contributed by atoms with Crippen LogP contribution in [-0.4, -0.2) is 25.9 Å². The largest absolute Gasteiger partial charge is 0.350 e. The topological polar surface area (TPSA) is 78.5 Å². The Labute approximate surface area is 167 Å². The lowest BCUT2D eigenvalue weighted by Crippen LogP contribution is -2.08. The molecule has 0 atom stereocenters. The summed E-state index contributed by atoms with van der Waals surface area (Å²) < 4.78 is 0. The summed E-state index contributed by atoms with van der Waals surface area (Å²) in [5.74, 6) is 2.57. The summed E-state index contributed by atoms with van der Waals surface area (Å²) in [4.78, 5) is 10.7. The van der Waals surface area contributed by atoms with Crippen LogP contribution in [0.3, 0.4) is 0 Å². The molecule has 0 bridgehead atoms. The Morgan fingerprint density at radius 3 is 3.00 bits per heavy atom. The fourth-order valence-corrected chi connectivity index (χ4v) is 4.42. The molecule has 3 heterocycles. The van der Waals surface area contributed by atoms with Crippen molar-refractivity contribution in [2.75, 3.05) is 16.4 Å². The number of fused-ring (bicyclic) bond motifs is 2. The van der Waals surface area contributed by atoms with Crippen molar-refractivity contribution < 1.29 is 0 Å². The Morgan fingerprint density at radius 1 is 1.14 bits per heavy atom. The van der Waals surface area contributed by atoms with E-state index in [0.717, 1.165) is 45.2 Å². The zero-order chi connectivity index (χ0) is 18.9. The third-order valence-corrected chi connectivity index (χ3v) is 6.05. The minimum Gasteiger partial charge on any atom is -0.350 e. The van der Waals surface area contributed by atoms with Crippen LogP contribution in [0.15, 0.2) is 53.6 Å². The van der Waals surface area contributed by atoms with Gasteiger partial charge in [0.2, 0.25) is 5.95 Å². The molecule has 0 saturated heterocycles. The van der Waals surface area contributed by atoms with E-state index in [-0.39, 0.29) is 0 Å². The second kappa shape index (κ2) is 7.16. The number of H-pyrrole nitrogens is 1. The number of anilines is 3. The quantitative estimate of drug-likeness (QED) is 0.461. The number of hydrogen-bond acceptors (Lipinski definition) is 6. The normalized spacial score (nSPS) is 12.9. The van der Waals surface area contributed by atoms with E-state index in [1.54, 1.807) is 0 Å². The maximum absolute atomic E-state index is 4.77. The van der Waals surface area contributed by atoms with Gasteiger partial charge in [-0.25, -0.2) is 4.98 Å². The van der Waals surface area contributed by atoms with Gasteiger partial charge in [-0.05, 0) is 36.2 Å². The monoisotopic (exact) mass is 388 g/mol. The molecule has 28 heavy (non-hydrogen) atoms. The molecular weight excluding hydrogens is 368 g/mol. The fraction of sp³-hybridized carbons (Fsp3) is 0.190. The molecule has 0 amide bonds. The van der Waals surface area contributed by atoms with Gasteiger partial charge in [0.15, 0.2) is 0 Å². The van der Waals surface area contributed by atoms with Gasteiger partial charge in [0, 0.05) is 29.8 Å². The van der Waals surface area contributed by atoms with E-state index >= 15 is 0 Å². The van der Waals surface area contributed by atoms with Crippen LogP contribution in [0.4, 0.5) is 17.5 Å². The van der Waals surface area contributed by atoms with E-state index in [4.69, 9.17) is 9.97 Å². The zero-order valence-corrected chi connectivity index (χ0v) is 16.3. The first-order chi connectivity index (χ1) is 13.8. The Morgan fingerprint density at radius 2 is 2.07 bits per heavy atom. The molecule has 6 nitrogen and oxygen atoms in total. The smallest absolute Gasteiger partial charge is 0.225 e. The van der Waals surface area contributed by atoms with Crippen LogP contribution in [0.1, 0.15) is 16.8 Å². The molecule has 0 unspecified atom stereocenters. The maximum Gasteiger partial charge on any atom is 0.225 e. The summed E-state index contributed by atoms with van der Waals surface area (Å²) in [5, 5.41) is 15.0. The molecule has 0 aliphatic carbocycles. The Hall–Kier alpha value is -3.06. The van der Waals surface area contributed by atoms with Gasteiger partial charge in [-0.1, -0.05) is 24.3 Å². The van der Waals surface area contributed by atoms with Gasteiger partial charge in [0.25, 0.3) is 0 Å². The molecule has 3 N–H and O–H groups in total. The third kappa shape index (κ3) is 3.29. The molecule has 0 saturated carbocycles. The second-order valence-corrected chi connectivity index (χ2v) is 7.95. The SMILES string of the molecule is Cc1ccccc1CNc1nc2c(c(Nc3ccc4[nH]ncc4c3)n1)SCC2. The van der Waals surface area contributed by atoms with Gasteiger partial charge >= 0.3 is 0 Å². The number of nitrogens with one attached hydrogen (secondary N) is 3. The first kappa shape index (κ1) is 17.1. The molecule has 7 heteroatoms. The number of hydrogen-bond donors (Lipinski definition) is 3. The van der Waals surface area contributed by atoms with Gasteiger partial charge < -0.3 is 10.6 Å². The van der Waals surface area contributed by atoms with Crippen molar-refractivity contribution in [3.63, 3.8) is 0 Å². The van der Waals surface area contributed by atoms with Crippen LogP contribution in [0.5, 0.6) is 0 Å². The molecule has 1 aliphatic rings. The molecule has 5 rings (SSSR count). The summed E-state index contributed by atoms with van der Waals surface area (Å²) in [6.07, 6.45) is 2.80. The summed E-state index contributed by atoms with van der Waals surface area (Å²) >= 11 is 1.81. The van der Waals surface area contributed by atoms with E-state index in [9.17, 15) is 0 Å². The highest BCUT2D eigenvalue weighted by molar-refractivity contribution is 7.99. The van der Waals surface area contributed by atoms with Gasteiger partial charge in [0.1, 0.15) is 5.82 Å². The predicted octanol–water partition coefficient (Wildman–Crippen LogP) is 4.67. The van der Waals surface area contributed by atoms with E-state index < -0.39 is 0 Å².